The van der Waals surface area contributed by atoms with E-state index >= 15 is 0 Å². The van der Waals surface area contributed by atoms with Crippen molar-refractivity contribution in [1.29, 1.82) is 0 Å². The maximum atomic E-state index is 13.5. The Bertz CT molecular complexity index is 1490. The molecule has 4 rings (SSSR count). The van der Waals surface area contributed by atoms with Gasteiger partial charge in [-0.3, -0.25) is 14.5 Å². The third-order valence-electron chi connectivity index (χ3n) is 6.55. The molecule has 0 radical (unpaired) electrons. The van der Waals surface area contributed by atoms with Crippen LogP contribution in [0.15, 0.2) is 60.7 Å². The smallest absolute Gasteiger partial charge is 0.350 e. The highest BCUT2D eigenvalue weighted by molar-refractivity contribution is 7.17. The van der Waals surface area contributed by atoms with Gasteiger partial charge in [0.2, 0.25) is 0 Å². The molecule has 3 aromatic rings. The summed E-state index contributed by atoms with van der Waals surface area (Å²) in [5.74, 6) is -1.71. The average molecular weight is 547 g/mol. The summed E-state index contributed by atoms with van der Waals surface area (Å²) in [4.78, 5) is 45.2. The third-order valence-corrected chi connectivity index (χ3v) is 7.68. The topological polar surface area (TPSA) is 106 Å². The quantitative estimate of drug-likeness (QED) is 0.124. The number of carbonyl (C=O) groups is 3. The first-order valence-corrected chi connectivity index (χ1v) is 13.2. The van der Waals surface area contributed by atoms with Crippen molar-refractivity contribution in [1.82, 2.24) is 4.98 Å². The molecule has 1 aliphatic rings. The highest BCUT2D eigenvalue weighted by Gasteiger charge is 2.48. The fourth-order valence-electron chi connectivity index (χ4n) is 4.47. The lowest BCUT2D eigenvalue weighted by molar-refractivity contribution is -0.132. The second-order valence-corrected chi connectivity index (χ2v) is 10.4. The molecule has 1 N–H and O–H groups in total. The van der Waals surface area contributed by atoms with Crippen molar-refractivity contribution in [3.05, 3.63) is 93.5 Å². The number of aliphatic hydroxyl groups excluding tert-OH is 1. The zero-order valence-corrected chi connectivity index (χ0v) is 23.3. The van der Waals surface area contributed by atoms with Gasteiger partial charge in [0.1, 0.15) is 23.0 Å². The Hall–Kier alpha value is -4.24. The molecule has 1 aromatic heterocycles. The predicted molar refractivity (Wildman–Crippen MR) is 150 cm³/mol. The van der Waals surface area contributed by atoms with Gasteiger partial charge in [0, 0.05) is 5.56 Å². The van der Waals surface area contributed by atoms with Crippen LogP contribution in [-0.2, 0) is 14.3 Å². The lowest BCUT2D eigenvalue weighted by Gasteiger charge is -2.23. The highest BCUT2D eigenvalue weighted by Crippen LogP contribution is 2.44. The summed E-state index contributed by atoms with van der Waals surface area (Å²) in [7, 11) is 1.26. The van der Waals surface area contributed by atoms with Crippen molar-refractivity contribution < 1.29 is 29.0 Å². The number of benzene rings is 2. The van der Waals surface area contributed by atoms with Gasteiger partial charge in [-0.25, -0.2) is 9.78 Å². The number of ether oxygens (including phenoxy) is 2. The first-order valence-electron chi connectivity index (χ1n) is 12.4. The lowest BCUT2D eigenvalue weighted by Crippen LogP contribution is -2.29. The Kier molecular flexibility index (Phi) is 8.01. The van der Waals surface area contributed by atoms with Gasteiger partial charge in [-0.1, -0.05) is 62.1 Å². The highest BCUT2D eigenvalue weighted by atomic mass is 32.1. The molecule has 1 fully saturated rings. The Balaban J connectivity index is 1.90. The standard InChI is InChI=1S/C30H30N2O6S/c1-7-14-38-21-12-13-22(17(4)15-21)25(33)23-24(20-10-8-19(9-11-20)16(2)3)32(28(35)26(23)34)30-31-18(5)27(39-30)29(36)37-6/h7-13,15-16,24,33H,1,14H2,2-6H3/t24-/m1/s1. The predicted octanol–water partition coefficient (Wildman–Crippen LogP) is 5.86. The van der Waals surface area contributed by atoms with Crippen molar-refractivity contribution in [3.63, 3.8) is 0 Å². The summed E-state index contributed by atoms with van der Waals surface area (Å²) in [5.41, 5.74) is 3.08. The number of hydrogen-bond acceptors (Lipinski definition) is 8. The van der Waals surface area contributed by atoms with E-state index in [-0.39, 0.29) is 27.3 Å². The summed E-state index contributed by atoms with van der Waals surface area (Å²) >= 11 is 0.962. The van der Waals surface area contributed by atoms with Crippen molar-refractivity contribution in [3.8, 4) is 5.75 Å². The summed E-state index contributed by atoms with van der Waals surface area (Å²) in [6.45, 7) is 11.5. The number of aromatic nitrogens is 1. The van der Waals surface area contributed by atoms with Crippen molar-refractivity contribution in [2.75, 3.05) is 18.6 Å². The van der Waals surface area contributed by atoms with E-state index in [0.29, 0.717) is 34.7 Å². The molecule has 0 unspecified atom stereocenters. The minimum absolute atomic E-state index is 0.0624. The average Bonchev–Trinajstić information content (AvgIpc) is 3.43. The molecule has 0 bridgehead atoms. The Labute approximate surface area is 231 Å². The molecular formula is C30H30N2O6S. The minimum atomic E-state index is -0.960. The van der Waals surface area contributed by atoms with Gasteiger partial charge in [0.25, 0.3) is 5.78 Å². The number of nitrogens with zero attached hydrogens (tertiary/aromatic N) is 2. The van der Waals surface area contributed by atoms with Gasteiger partial charge in [-0.05, 0) is 54.7 Å². The number of aryl methyl sites for hydroxylation is 2. The number of ketones is 1. The fraction of sp³-hybridized carbons (Fsp3) is 0.267. The summed E-state index contributed by atoms with van der Waals surface area (Å²) in [6.07, 6.45) is 1.63. The zero-order valence-electron chi connectivity index (χ0n) is 22.5. The van der Waals surface area contributed by atoms with E-state index < -0.39 is 23.7 Å². The lowest BCUT2D eigenvalue weighted by atomic mass is 9.92. The van der Waals surface area contributed by atoms with Crippen molar-refractivity contribution in [2.24, 2.45) is 0 Å². The first-order chi connectivity index (χ1) is 18.6. The molecule has 39 heavy (non-hydrogen) atoms. The molecule has 1 atom stereocenters. The van der Waals surface area contributed by atoms with E-state index in [1.165, 1.54) is 12.0 Å². The van der Waals surface area contributed by atoms with E-state index in [0.717, 1.165) is 16.9 Å². The molecule has 8 nitrogen and oxygen atoms in total. The van der Waals surface area contributed by atoms with Crippen molar-refractivity contribution in [2.45, 2.75) is 39.7 Å². The van der Waals surface area contributed by atoms with Crippen LogP contribution in [0.2, 0.25) is 0 Å². The monoisotopic (exact) mass is 546 g/mol. The van der Waals surface area contributed by atoms with Crippen LogP contribution < -0.4 is 9.64 Å². The van der Waals surface area contributed by atoms with Crippen LogP contribution in [0, 0.1) is 13.8 Å². The van der Waals surface area contributed by atoms with Gasteiger partial charge in [-0.2, -0.15) is 0 Å². The number of aliphatic hydroxyl groups is 1. The second-order valence-electron chi connectivity index (χ2n) is 9.47. The van der Waals surface area contributed by atoms with Gasteiger partial charge in [0.15, 0.2) is 5.13 Å². The van der Waals surface area contributed by atoms with E-state index in [1.807, 2.05) is 24.3 Å². The summed E-state index contributed by atoms with van der Waals surface area (Å²) < 4.78 is 10.4. The van der Waals surface area contributed by atoms with Crippen LogP contribution in [0.4, 0.5) is 5.13 Å². The number of carbonyl (C=O) groups excluding carboxylic acids is 3. The van der Waals surface area contributed by atoms with Crippen LogP contribution in [0.3, 0.4) is 0 Å². The largest absolute Gasteiger partial charge is 0.507 e. The van der Waals surface area contributed by atoms with Crippen molar-refractivity contribution >= 4 is 39.9 Å². The number of rotatable bonds is 8. The van der Waals surface area contributed by atoms with Crippen LogP contribution in [0.5, 0.6) is 5.75 Å². The first kappa shape index (κ1) is 27.8. The molecule has 0 saturated carbocycles. The number of hydrogen-bond donors (Lipinski definition) is 1. The SMILES string of the molecule is C=CCOc1ccc(C(O)=C2C(=O)C(=O)N(c3nc(C)c(C(=O)OC)s3)[C@@H]2c2ccc(C(C)C)cc2)c(C)c1. The number of methoxy groups -OCH3 is 1. The molecule has 2 heterocycles. The van der Waals surface area contributed by atoms with Crippen LogP contribution in [0.1, 0.15) is 63.4 Å². The molecule has 1 aliphatic heterocycles. The Morgan fingerprint density at radius 1 is 1.18 bits per heavy atom. The Morgan fingerprint density at radius 3 is 2.46 bits per heavy atom. The van der Waals surface area contributed by atoms with Gasteiger partial charge in [0.05, 0.1) is 24.4 Å². The number of Topliss-reactive ketones (excluding diaryl/α,β-unsaturated/α-hetero) is 1. The molecule has 1 amide bonds. The molecule has 2 aromatic carbocycles. The maximum Gasteiger partial charge on any atom is 0.350 e. The number of anilines is 1. The van der Waals surface area contributed by atoms with Gasteiger partial charge in [-0.15, -0.1) is 0 Å². The number of thiazole rings is 1. The summed E-state index contributed by atoms with van der Waals surface area (Å²) in [5, 5.41) is 11.7. The minimum Gasteiger partial charge on any atom is -0.507 e. The summed E-state index contributed by atoms with van der Waals surface area (Å²) in [6, 6.07) is 11.7. The van der Waals surface area contributed by atoms with E-state index in [2.05, 4.69) is 25.4 Å². The van der Waals surface area contributed by atoms with Crippen LogP contribution in [0.25, 0.3) is 5.76 Å². The maximum absolute atomic E-state index is 13.5. The number of esters is 1. The molecular weight excluding hydrogens is 516 g/mol. The number of amides is 1. The Morgan fingerprint density at radius 2 is 1.87 bits per heavy atom. The van der Waals surface area contributed by atoms with Gasteiger partial charge < -0.3 is 14.6 Å². The molecule has 0 aliphatic carbocycles. The molecule has 1 saturated heterocycles. The molecule has 9 heteroatoms. The normalized spacial score (nSPS) is 16.6. The van der Waals surface area contributed by atoms with Gasteiger partial charge >= 0.3 is 11.9 Å². The molecule has 202 valence electrons. The third kappa shape index (κ3) is 5.22. The van der Waals surface area contributed by atoms with E-state index in [1.54, 1.807) is 38.1 Å². The van der Waals surface area contributed by atoms with Crippen LogP contribution >= 0.6 is 11.3 Å². The second kappa shape index (κ2) is 11.2. The fourth-order valence-corrected chi connectivity index (χ4v) is 5.48. The van der Waals surface area contributed by atoms with E-state index in [9.17, 15) is 19.5 Å². The zero-order chi connectivity index (χ0) is 28.4. The van der Waals surface area contributed by atoms with E-state index in [4.69, 9.17) is 9.47 Å². The van der Waals surface area contributed by atoms with Crippen LogP contribution in [-0.4, -0.2) is 41.5 Å². The molecule has 0 spiro atoms.